The molecule has 2 nitrogen and oxygen atoms in total. The Bertz CT molecular complexity index is 351. The molecule has 0 saturated heterocycles. The zero-order valence-electron chi connectivity index (χ0n) is 12.3. The summed E-state index contributed by atoms with van der Waals surface area (Å²) in [5, 5.41) is 1.07. The molecule has 20 heavy (non-hydrogen) atoms. The standard InChI is InChI=1S/C17H26BrNO/c18-12-14-19(16-8-3-1-4-9-16)13-7-15-20-17-10-5-2-6-11-17/h2,5-6,10-11,16H,1,3-4,7-9,12-15H2. The lowest BCUT2D eigenvalue weighted by atomic mass is 9.94. The summed E-state index contributed by atoms with van der Waals surface area (Å²) in [6, 6.07) is 10.9. The number of rotatable bonds is 8. The highest BCUT2D eigenvalue weighted by atomic mass is 79.9. The van der Waals surface area contributed by atoms with Crippen molar-refractivity contribution in [1.29, 1.82) is 0 Å². The van der Waals surface area contributed by atoms with Crippen LogP contribution in [0.25, 0.3) is 0 Å². The predicted octanol–water partition coefficient (Wildman–Crippen LogP) is 4.49. The van der Waals surface area contributed by atoms with Crippen molar-refractivity contribution >= 4 is 15.9 Å². The molecule has 1 saturated carbocycles. The third-order valence-electron chi connectivity index (χ3n) is 4.06. The van der Waals surface area contributed by atoms with Crippen LogP contribution in [0.15, 0.2) is 30.3 Å². The van der Waals surface area contributed by atoms with Gasteiger partial charge in [0.25, 0.3) is 0 Å². The number of hydrogen-bond donors (Lipinski definition) is 0. The van der Waals surface area contributed by atoms with E-state index >= 15 is 0 Å². The van der Waals surface area contributed by atoms with Crippen molar-refractivity contribution in [2.75, 3.05) is 25.0 Å². The summed E-state index contributed by atoms with van der Waals surface area (Å²) in [7, 11) is 0. The molecule has 0 unspecified atom stereocenters. The van der Waals surface area contributed by atoms with Crippen LogP contribution in [0.2, 0.25) is 0 Å². The fraction of sp³-hybridized carbons (Fsp3) is 0.647. The number of halogens is 1. The predicted molar refractivity (Wildman–Crippen MR) is 88.8 cm³/mol. The number of nitrogens with zero attached hydrogens (tertiary/aromatic N) is 1. The maximum atomic E-state index is 5.78. The second kappa shape index (κ2) is 9.41. The Morgan fingerprint density at radius 2 is 1.80 bits per heavy atom. The van der Waals surface area contributed by atoms with E-state index in [0.717, 1.165) is 43.2 Å². The fourth-order valence-corrected chi connectivity index (χ4v) is 3.46. The van der Waals surface area contributed by atoms with E-state index in [1.807, 2.05) is 30.3 Å². The SMILES string of the molecule is BrCCN(CCCOc1ccccc1)C1CCCCC1. The van der Waals surface area contributed by atoms with E-state index < -0.39 is 0 Å². The number of ether oxygens (including phenoxy) is 1. The lowest BCUT2D eigenvalue weighted by Crippen LogP contribution is -2.39. The van der Waals surface area contributed by atoms with Gasteiger partial charge in [-0.3, -0.25) is 4.90 Å². The van der Waals surface area contributed by atoms with E-state index in [9.17, 15) is 0 Å². The summed E-state index contributed by atoms with van der Waals surface area (Å²) in [5.74, 6) is 0.984. The van der Waals surface area contributed by atoms with Gasteiger partial charge in [-0.1, -0.05) is 53.4 Å². The average Bonchev–Trinajstić information content (AvgIpc) is 2.52. The molecule has 0 amide bonds. The molecule has 112 valence electrons. The number of benzene rings is 1. The number of para-hydroxylation sites is 1. The highest BCUT2D eigenvalue weighted by molar-refractivity contribution is 9.09. The highest BCUT2D eigenvalue weighted by Gasteiger charge is 2.19. The largest absolute Gasteiger partial charge is 0.494 e. The lowest BCUT2D eigenvalue weighted by molar-refractivity contribution is 0.153. The van der Waals surface area contributed by atoms with Gasteiger partial charge in [0, 0.05) is 24.5 Å². The minimum Gasteiger partial charge on any atom is -0.494 e. The maximum Gasteiger partial charge on any atom is 0.119 e. The van der Waals surface area contributed by atoms with Crippen LogP contribution in [0.5, 0.6) is 5.75 Å². The zero-order valence-corrected chi connectivity index (χ0v) is 13.9. The van der Waals surface area contributed by atoms with Gasteiger partial charge in [0.15, 0.2) is 0 Å². The molecule has 0 spiro atoms. The molecule has 0 radical (unpaired) electrons. The van der Waals surface area contributed by atoms with Crippen molar-refractivity contribution in [3.05, 3.63) is 30.3 Å². The molecule has 0 N–H and O–H groups in total. The second-order valence-electron chi connectivity index (χ2n) is 5.53. The first-order chi connectivity index (χ1) is 9.90. The molecule has 1 aliphatic carbocycles. The van der Waals surface area contributed by atoms with Crippen molar-refractivity contribution in [3.63, 3.8) is 0 Å². The van der Waals surface area contributed by atoms with Crippen LogP contribution in [0, 0.1) is 0 Å². The molecule has 0 bridgehead atoms. The van der Waals surface area contributed by atoms with Crippen molar-refractivity contribution in [2.24, 2.45) is 0 Å². The quantitative estimate of drug-likeness (QED) is 0.511. The third kappa shape index (κ3) is 5.45. The molecule has 3 heteroatoms. The molecule has 1 aromatic carbocycles. The molecule has 1 fully saturated rings. The summed E-state index contributed by atoms with van der Waals surface area (Å²) in [6.45, 7) is 3.13. The van der Waals surface area contributed by atoms with Crippen molar-refractivity contribution < 1.29 is 4.74 Å². The number of hydrogen-bond acceptors (Lipinski definition) is 2. The zero-order chi connectivity index (χ0) is 14.0. The molecule has 0 atom stereocenters. The van der Waals surface area contributed by atoms with Crippen LogP contribution in [0.1, 0.15) is 38.5 Å². The normalized spacial score (nSPS) is 16.5. The van der Waals surface area contributed by atoms with Gasteiger partial charge in [0.2, 0.25) is 0 Å². The van der Waals surface area contributed by atoms with Crippen molar-refractivity contribution in [1.82, 2.24) is 4.90 Å². The third-order valence-corrected chi connectivity index (χ3v) is 4.42. The van der Waals surface area contributed by atoms with Gasteiger partial charge in [-0.2, -0.15) is 0 Å². The van der Waals surface area contributed by atoms with Crippen LogP contribution in [0.4, 0.5) is 0 Å². The van der Waals surface area contributed by atoms with E-state index in [2.05, 4.69) is 20.8 Å². The fourth-order valence-electron chi connectivity index (χ4n) is 3.01. The highest BCUT2D eigenvalue weighted by Crippen LogP contribution is 2.22. The van der Waals surface area contributed by atoms with Gasteiger partial charge >= 0.3 is 0 Å². The Morgan fingerprint density at radius 3 is 2.50 bits per heavy atom. The summed E-state index contributed by atoms with van der Waals surface area (Å²) >= 11 is 3.59. The van der Waals surface area contributed by atoms with E-state index in [1.165, 1.54) is 32.1 Å². The Balaban J connectivity index is 1.69. The molecular formula is C17H26BrNO. The van der Waals surface area contributed by atoms with Crippen molar-refractivity contribution in [3.8, 4) is 5.75 Å². The molecule has 1 aliphatic rings. The van der Waals surface area contributed by atoms with E-state index in [-0.39, 0.29) is 0 Å². The second-order valence-corrected chi connectivity index (χ2v) is 6.32. The smallest absolute Gasteiger partial charge is 0.119 e. The minimum absolute atomic E-state index is 0.804. The van der Waals surface area contributed by atoms with Gasteiger partial charge < -0.3 is 4.74 Å². The lowest BCUT2D eigenvalue weighted by Gasteiger charge is -2.34. The van der Waals surface area contributed by atoms with Gasteiger partial charge in [-0.15, -0.1) is 0 Å². The summed E-state index contributed by atoms with van der Waals surface area (Å²) in [5.41, 5.74) is 0. The van der Waals surface area contributed by atoms with E-state index in [0.29, 0.717) is 0 Å². The Labute approximate surface area is 131 Å². The Morgan fingerprint density at radius 1 is 1.05 bits per heavy atom. The van der Waals surface area contributed by atoms with Gasteiger partial charge in [0.1, 0.15) is 5.75 Å². The van der Waals surface area contributed by atoms with Gasteiger partial charge in [0.05, 0.1) is 6.61 Å². The average molecular weight is 340 g/mol. The Kier molecular flexibility index (Phi) is 7.45. The monoisotopic (exact) mass is 339 g/mol. The summed E-state index contributed by atoms with van der Waals surface area (Å²) in [4.78, 5) is 2.66. The minimum atomic E-state index is 0.804. The van der Waals surface area contributed by atoms with Gasteiger partial charge in [-0.25, -0.2) is 0 Å². The van der Waals surface area contributed by atoms with Crippen LogP contribution in [-0.4, -0.2) is 36.0 Å². The molecule has 0 heterocycles. The first kappa shape index (κ1) is 15.8. The number of alkyl halides is 1. The molecule has 0 aliphatic heterocycles. The van der Waals surface area contributed by atoms with Crippen LogP contribution >= 0.6 is 15.9 Å². The summed E-state index contributed by atoms with van der Waals surface area (Å²) in [6.07, 6.45) is 8.11. The van der Waals surface area contributed by atoms with Crippen molar-refractivity contribution in [2.45, 2.75) is 44.6 Å². The van der Waals surface area contributed by atoms with E-state index in [4.69, 9.17) is 4.74 Å². The Hall–Kier alpha value is -0.540. The van der Waals surface area contributed by atoms with Gasteiger partial charge in [-0.05, 0) is 31.4 Å². The first-order valence-corrected chi connectivity index (χ1v) is 9.00. The molecule has 1 aromatic rings. The molecular weight excluding hydrogens is 314 g/mol. The molecule has 0 aromatic heterocycles. The maximum absolute atomic E-state index is 5.78. The van der Waals surface area contributed by atoms with Crippen LogP contribution < -0.4 is 4.74 Å². The van der Waals surface area contributed by atoms with Crippen LogP contribution in [0.3, 0.4) is 0 Å². The first-order valence-electron chi connectivity index (χ1n) is 7.88. The van der Waals surface area contributed by atoms with Crippen LogP contribution in [-0.2, 0) is 0 Å². The molecule has 2 rings (SSSR count). The van der Waals surface area contributed by atoms with E-state index in [1.54, 1.807) is 0 Å². The topological polar surface area (TPSA) is 12.5 Å². The summed E-state index contributed by atoms with van der Waals surface area (Å²) < 4.78 is 5.78.